The molecule has 1 atom stereocenters. The smallest absolute Gasteiger partial charge is 0.416 e. The molecule has 1 aliphatic heterocycles. The average molecular weight is 372 g/mol. The highest BCUT2D eigenvalue weighted by Crippen LogP contribution is 2.31. The van der Waals surface area contributed by atoms with Crippen LogP contribution in [0.1, 0.15) is 12.0 Å². The fourth-order valence-electron chi connectivity index (χ4n) is 2.57. The number of rotatable bonds is 4. The highest BCUT2D eigenvalue weighted by molar-refractivity contribution is 7.89. The molecule has 1 aliphatic rings. The summed E-state index contributed by atoms with van der Waals surface area (Å²) in [5.74, 6) is -0.168. The van der Waals surface area contributed by atoms with Crippen LogP contribution in [0.4, 0.5) is 13.2 Å². The SMILES string of the molecule is O=S(=O)(c1ccccc1)N1CCC(Oc2cc(C(F)(F)F)ccn2)C1. The predicted octanol–water partition coefficient (Wildman–Crippen LogP) is 2.94. The van der Waals surface area contributed by atoms with Crippen molar-refractivity contribution in [3.8, 4) is 5.88 Å². The lowest BCUT2D eigenvalue weighted by atomic mass is 10.2. The lowest BCUT2D eigenvalue weighted by molar-refractivity contribution is -0.137. The zero-order valence-corrected chi connectivity index (χ0v) is 13.8. The molecule has 0 radical (unpaired) electrons. The number of nitrogens with zero attached hydrogens (tertiary/aromatic N) is 2. The second kappa shape index (κ2) is 6.64. The molecule has 0 spiro atoms. The van der Waals surface area contributed by atoms with Crippen molar-refractivity contribution >= 4 is 10.0 Å². The highest BCUT2D eigenvalue weighted by atomic mass is 32.2. The van der Waals surface area contributed by atoms with Gasteiger partial charge in [0, 0.05) is 18.8 Å². The topological polar surface area (TPSA) is 59.5 Å². The van der Waals surface area contributed by atoms with Gasteiger partial charge in [0.05, 0.1) is 17.0 Å². The predicted molar refractivity (Wildman–Crippen MR) is 83.5 cm³/mol. The minimum atomic E-state index is -4.49. The highest BCUT2D eigenvalue weighted by Gasteiger charge is 2.35. The third-order valence-corrected chi connectivity index (χ3v) is 5.72. The summed E-state index contributed by atoms with van der Waals surface area (Å²) in [7, 11) is -3.64. The number of alkyl halides is 3. The molecule has 1 saturated heterocycles. The third-order valence-electron chi connectivity index (χ3n) is 3.84. The Labute approximate surface area is 143 Å². The molecule has 3 rings (SSSR count). The second-order valence-corrected chi connectivity index (χ2v) is 7.52. The van der Waals surface area contributed by atoms with Gasteiger partial charge in [-0.3, -0.25) is 0 Å². The molecule has 134 valence electrons. The maximum atomic E-state index is 12.7. The van der Waals surface area contributed by atoms with E-state index in [0.29, 0.717) is 6.42 Å². The van der Waals surface area contributed by atoms with Gasteiger partial charge in [-0.05, 0) is 24.6 Å². The molecule has 1 fully saturated rings. The monoisotopic (exact) mass is 372 g/mol. The first-order valence-corrected chi connectivity index (χ1v) is 8.96. The van der Waals surface area contributed by atoms with E-state index in [9.17, 15) is 21.6 Å². The van der Waals surface area contributed by atoms with Gasteiger partial charge in [0.2, 0.25) is 15.9 Å². The number of benzene rings is 1. The van der Waals surface area contributed by atoms with Gasteiger partial charge in [0.1, 0.15) is 6.10 Å². The number of pyridine rings is 1. The van der Waals surface area contributed by atoms with Gasteiger partial charge in [0.25, 0.3) is 0 Å². The maximum Gasteiger partial charge on any atom is 0.416 e. The number of hydrogen-bond acceptors (Lipinski definition) is 4. The molecule has 2 aromatic rings. The quantitative estimate of drug-likeness (QED) is 0.828. The molecule has 1 unspecified atom stereocenters. The van der Waals surface area contributed by atoms with Crippen molar-refractivity contribution in [2.45, 2.75) is 23.6 Å². The standard InChI is InChI=1S/C16H15F3N2O3S/c17-16(18,19)12-6-8-20-15(10-12)24-13-7-9-21(11-13)25(22,23)14-4-2-1-3-5-14/h1-6,8,10,13H,7,9,11H2. The summed E-state index contributed by atoms with van der Waals surface area (Å²) in [6.07, 6.45) is -3.64. The van der Waals surface area contributed by atoms with E-state index in [0.717, 1.165) is 18.3 Å². The maximum absolute atomic E-state index is 12.7. The minimum absolute atomic E-state index is 0.0646. The van der Waals surface area contributed by atoms with Crippen molar-refractivity contribution in [2.24, 2.45) is 0 Å². The summed E-state index contributed by atoms with van der Waals surface area (Å²) >= 11 is 0. The first kappa shape index (κ1) is 17.7. The number of aromatic nitrogens is 1. The Hall–Kier alpha value is -2.13. The van der Waals surface area contributed by atoms with E-state index in [1.807, 2.05) is 0 Å². The van der Waals surface area contributed by atoms with E-state index >= 15 is 0 Å². The van der Waals surface area contributed by atoms with Crippen LogP contribution >= 0.6 is 0 Å². The Bertz CT molecular complexity index is 841. The number of ether oxygens (including phenoxy) is 1. The van der Waals surface area contributed by atoms with Crippen molar-refractivity contribution in [1.29, 1.82) is 0 Å². The van der Waals surface area contributed by atoms with Crippen LogP contribution < -0.4 is 4.74 Å². The number of sulfonamides is 1. The lowest BCUT2D eigenvalue weighted by Crippen LogP contribution is -2.31. The van der Waals surface area contributed by atoms with Crippen molar-refractivity contribution in [2.75, 3.05) is 13.1 Å². The molecular weight excluding hydrogens is 357 g/mol. The van der Waals surface area contributed by atoms with Crippen LogP contribution in [0.15, 0.2) is 53.6 Å². The fourth-order valence-corrected chi connectivity index (χ4v) is 4.08. The molecule has 1 aromatic carbocycles. The molecule has 2 heterocycles. The van der Waals surface area contributed by atoms with E-state index in [-0.39, 0.29) is 23.9 Å². The van der Waals surface area contributed by atoms with Crippen LogP contribution in [-0.4, -0.2) is 36.9 Å². The Morgan fingerprint density at radius 1 is 1.16 bits per heavy atom. The van der Waals surface area contributed by atoms with E-state index in [4.69, 9.17) is 4.74 Å². The third kappa shape index (κ3) is 3.93. The van der Waals surface area contributed by atoms with Crippen LogP contribution in [0.2, 0.25) is 0 Å². The zero-order valence-electron chi connectivity index (χ0n) is 13.0. The van der Waals surface area contributed by atoms with E-state index in [2.05, 4.69) is 4.98 Å². The summed E-state index contributed by atoms with van der Waals surface area (Å²) in [4.78, 5) is 3.95. The molecule has 1 aromatic heterocycles. The minimum Gasteiger partial charge on any atom is -0.473 e. The van der Waals surface area contributed by atoms with Crippen LogP contribution in [0.3, 0.4) is 0 Å². The first-order chi connectivity index (χ1) is 11.8. The van der Waals surface area contributed by atoms with Gasteiger partial charge in [0.15, 0.2) is 0 Å². The van der Waals surface area contributed by atoms with Crippen molar-refractivity contribution in [3.05, 3.63) is 54.2 Å². The summed E-state index contributed by atoms with van der Waals surface area (Å²) in [6, 6.07) is 9.64. The average Bonchev–Trinajstić information content (AvgIpc) is 3.04. The van der Waals surface area contributed by atoms with Crippen LogP contribution in [-0.2, 0) is 16.2 Å². The summed E-state index contributed by atoms with van der Waals surface area (Å²) in [6.45, 7) is 0.302. The Balaban J connectivity index is 1.70. The summed E-state index contributed by atoms with van der Waals surface area (Å²) < 4.78 is 69.9. The van der Waals surface area contributed by atoms with Crippen LogP contribution in [0.5, 0.6) is 5.88 Å². The number of halogens is 3. The van der Waals surface area contributed by atoms with Gasteiger partial charge in [-0.25, -0.2) is 13.4 Å². The van der Waals surface area contributed by atoms with Gasteiger partial charge >= 0.3 is 6.18 Å². The molecule has 0 aliphatic carbocycles. The molecule has 9 heteroatoms. The Kier molecular flexibility index (Phi) is 4.70. The van der Waals surface area contributed by atoms with Crippen molar-refractivity contribution in [3.63, 3.8) is 0 Å². The van der Waals surface area contributed by atoms with E-state index < -0.39 is 27.9 Å². The largest absolute Gasteiger partial charge is 0.473 e. The van der Waals surface area contributed by atoms with Gasteiger partial charge in [-0.15, -0.1) is 0 Å². The lowest BCUT2D eigenvalue weighted by Gasteiger charge is -2.17. The molecular formula is C16H15F3N2O3S. The van der Waals surface area contributed by atoms with Crippen LogP contribution in [0, 0.1) is 0 Å². The molecule has 0 N–H and O–H groups in total. The van der Waals surface area contributed by atoms with E-state index in [1.54, 1.807) is 18.2 Å². The summed E-state index contributed by atoms with van der Waals surface area (Å²) in [5, 5.41) is 0. The molecule has 0 bridgehead atoms. The van der Waals surface area contributed by atoms with E-state index in [1.165, 1.54) is 16.4 Å². The van der Waals surface area contributed by atoms with Crippen molar-refractivity contribution in [1.82, 2.24) is 9.29 Å². The molecule has 0 amide bonds. The van der Waals surface area contributed by atoms with Crippen molar-refractivity contribution < 1.29 is 26.3 Å². The molecule has 0 saturated carbocycles. The first-order valence-electron chi connectivity index (χ1n) is 7.52. The molecule has 25 heavy (non-hydrogen) atoms. The van der Waals surface area contributed by atoms with Gasteiger partial charge < -0.3 is 4.74 Å². The zero-order chi connectivity index (χ0) is 18.1. The molecule has 5 nitrogen and oxygen atoms in total. The number of hydrogen-bond donors (Lipinski definition) is 0. The Morgan fingerprint density at radius 3 is 2.56 bits per heavy atom. The van der Waals surface area contributed by atoms with Gasteiger partial charge in [-0.1, -0.05) is 18.2 Å². The fraction of sp³-hybridized carbons (Fsp3) is 0.312. The summed E-state index contributed by atoms with van der Waals surface area (Å²) in [5.41, 5.74) is -0.857. The van der Waals surface area contributed by atoms with Crippen LogP contribution in [0.25, 0.3) is 0 Å². The Morgan fingerprint density at radius 2 is 1.88 bits per heavy atom. The normalized spacial score (nSPS) is 19.1. The van der Waals surface area contributed by atoms with Gasteiger partial charge in [-0.2, -0.15) is 17.5 Å². The second-order valence-electron chi connectivity index (χ2n) is 5.59.